The third kappa shape index (κ3) is 3.80. The van der Waals surface area contributed by atoms with Gasteiger partial charge in [-0.2, -0.15) is 0 Å². The van der Waals surface area contributed by atoms with E-state index in [4.69, 9.17) is 0 Å². The molecule has 1 atom stereocenters. The van der Waals surface area contributed by atoms with Gasteiger partial charge in [-0.15, -0.1) is 0 Å². The fraction of sp³-hybridized carbons (Fsp3) is 0.562. The van der Waals surface area contributed by atoms with Crippen molar-refractivity contribution in [2.45, 2.75) is 32.2 Å². The molecule has 1 aromatic rings. The molecule has 0 spiro atoms. The van der Waals surface area contributed by atoms with Crippen LogP contribution in [0.5, 0.6) is 0 Å². The normalized spacial score (nSPS) is 19.8. The summed E-state index contributed by atoms with van der Waals surface area (Å²) in [5.41, 5.74) is 2.34. The lowest BCUT2D eigenvalue weighted by Gasteiger charge is -2.36. The number of likely N-dealkylation sites (tertiary alicyclic amines) is 1. The summed E-state index contributed by atoms with van der Waals surface area (Å²) < 4.78 is 0. The van der Waals surface area contributed by atoms with Gasteiger partial charge in [-0.25, -0.2) is 0 Å². The molecule has 1 aromatic carbocycles. The molecule has 2 rings (SSSR count). The quantitative estimate of drug-likeness (QED) is 0.831. The van der Waals surface area contributed by atoms with Gasteiger partial charge in [0, 0.05) is 19.1 Å². The van der Waals surface area contributed by atoms with Crippen LogP contribution in [-0.4, -0.2) is 48.9 Å². The standard InChI is InChI=1S/C16H24N2O/c1-13-6-4-7-14(10-13)11-16(19)18-9-5-8-15(12-18)17(2)3/h4,6-7,10,15H,5,8-9,11-12H2,1-3H3/t15-/m1/s1. The van der Waals surface area contributed by atoms with Crippen LogP contribution in [0.3, 0.4) is 0 Å². The number of aryl methyl sites for hydroxylation is 1. The predicted octanol–water partition coefficient (Wildman–Crippen LogP) is 2.09. The Bertz CT molecular complexity index is 442. The van der Waals surface area contributed by atoms with Gasteiger partial charge in [0.05, 0.1) is 6.42 Å². The van der Waals surface area contributed by atoms with E-state index in [-0.39, 0.29) is 5.91 Å². The van der Waals surface area contributed by atoms with Crippen molar-refractivity contribution in [2.75, 3.05) is 27.2 Å². The Kier molecular flexibility index (Phi) is 4.59. The molecule has 1 amide bonds. The van der Waals surface area contributed by atoms with Crippen molar-refractivity contribution in [3.8, 4) is 0 Å². The summed E-state index contributed by atoms with van der Waals surface area (Å²) in [5.74, 6) is 0.261. The number of rotatable bonds is 3. The van der Waals surface area contributed by atoms with Crippen LogP contribution in [0.15, 0.2) is 24.3 Å². The first kappa shape index (κ1) is 14.1. The van der Waals surface area contributed by atoms with E-state index in [1.807, 2.05) is 17.0 Å². The predicted molar refractivity (Wildman–Crippen MR) is 78.2 cm³/mol. The van der Waals surface area contributed by atoms with Gasteiger partial charge in [0.2, 0.25) is 5.91 Å². The third-order valence-corrected chi connectivity index (χ3v) is 3.92. The van der Waals surface area contributed by atoms with E-state index < -0.39 is 0 Å². The van der Waals surface area contributed by atoms with Gasteiger partial charge in [0.1, 0.15) is 0 Å². The number of likely N-dealkylation sites (N-methyl/N-ethyl adjacent to an activating group) is 1. The SMILES string of the molecule is Cc1cccc(CC(=O)N2CCC[C@@H](N(C)C)C2)c1. The van der Waals surface area contributed by atoms with Crippen molar-refractivity contribution >= 4 is 5.91 Å². The zero-order chi connectivity index (χ0) is 13.8. The molecular formula is C16H24N2O. The summed E-state index contributed by atoms with van der Waals surface area (Å²) in [7, 11) is 4.19. The van der Waals surface area contributed by atoms with Crippen LogP contribution < -0.4 is 0 Å². The van der Waals surface area contributed by atoms with Crippen LogP contribution in [0.2, 0.25) is 0 Å². The van der Waals surface area contributed by atoms with E-state index in [2.05, 4.69) is 38.1 Å². The Morgan fingerprint density at radius 3 is 2.89 bits per heavy atom. The Morgan fingerprint density at radius 1 is 1.42 bits per heavy atom. The molecule has 0 radical (unpaired) electrons. The van der Waals surface area contributed by atoms with Crippen LogP contribution in [0, 0.1) is 6.92 Å². The summed E-state index contributed by atoms with van der Waals surface area (Å²) in [6, 6.07) is 8.74. The highest BCUT2D eigenvalue weighted by atomic mass is 16.2. The molecular weight excluding hydrogens is 236 g/mol. The monoisotopic (exact) mass is 260 g/mol. The van der Waals surface area contributed by atoms with E-state index in [0.717, 1.165) is 25.1 Å². The zero-order valence-corrected chi connectivity index (χ0v) is 12.2. The van der Waals surface area contributed by atoms with Crippen LogP contribution in [0.25, 0.3) is 0 Å². The van der Waals surface area contributed by atoms with Crippen molar-refractivity contribution in [1.82, 2.24) is 9.80 Å². The van der Waals surface area contributed by atoms with Crippen molar-refractivity contribution < 1.29 is 4.79 Å². The molecule has 1 saturated heterocycles. The maximum Gasteiger partial charge on any atom is 0.227 e. The molecule has 0 aromatic heterocycles. The van der Waals surface area contributed by atoms with E-state index in [1.165, 1.54) is 12.0 Å². The lowest BCUT2D eigenvalue weighted by atomic mass is 10.0. The molecule has 0 N–H and O–H groups in total. The summed E-state index contributed by atoms with van der Waals surface area (Å²) >= 11 is 0. The highest BCUT2D eigenvalue weighted by Gasteiger charge is 2.24. The molecule has 104 valence electrons. The Labute approximate surface area is 116 Å². The van der Waals surface area contributed by atoms with Crippen molar-refractivity contribution in [3.63, 3.8) is 0 Å². The summed E-state index contributed by atoms with van der Waals surface area (Å²) in [4.78, 5) is 16.6. The molecule has 1 aliphatic rings. The largest absolute Gasteiger partial charge is 0.341 e. The van der Waals surface area contributed by atoms with Crippen LogP contribution in [-0.2, 0) is 11.2 Å². The zero-order valence-electron chi connectivity index (χ0n) is 12.2. The molecule has 1 heterocycles. The van der Waals surface area contributed by atoms with Gasteiger partial charge in [0.15, 0.2) is 0 Å². The first-order valence-electron chi connectivity index (χ1n) is 7.06. The fourth-order valence-electron chi connectivity index (χ4n) is 2.71. The maximum absolute atomic E-state index is 12.4. The minimum atomic E-state index is 0.261. The number of nitrogens with zero attached hydrogens (tertiary/aromatic N) is 2. The first-order valence-corrected chi connectivity index (χ1v) is 7.06. The Balaban J connectivity index is 1.96. The molecule has 0 bridgehead atoms. The second-order valence-electron chi connectivity index (χ2n) is 5.77. The molecule has 1 aliphatic heterocycles. The van der Waals surface area contributed by atoms with E-state index in [1.54, 1.807) is 0 Å². The average Bonchev–Trinajstić information content (AvgIpc) is 2.39. The average molecular weight is 260 g/mol. The van der Waals surface area contributed by atoms with Gasteiger partial charge >= 0.3 is 0 Å². The number of carbonyl (C=O) groups excluding carboxylic acids is 1. The highest BCUT2D eigenvalue weighted by molar-refractivity contribution is 5.79. The summed E-state index contributed by atoms with van der Waals surface area (Å²) in [6.45, 7) is 3.85. The van der Waals surface area contributed by atoms with Crippen LogP contribution >= 0.6 is 0 Å². The Hall–Kier alpha value is -1.35. The Morgan fingerprint density at radius 2 is 2.21 bits per heavy atom. The van der Waals surface area contributed by atoms with Crippen LogP contribution in [0.4, 0.5) is 0 Å². The van der Waals surface area contributed by atoms with Crippen molar-refractivity contribution in [2.24, 2.45) is 0 Å². The number of piperidine rings is 1. The van der Waals surface area contributed by atoms with Gasteiger partial charge < -0.3 is 9.80 Å². The molecule has 3 nitrogen and oxygen atoms in total. The number of hydrogen-bond acceptors (Lipinski definition) is 2. The minimum Gasteiger partial charge on any atom is -0.341 e. The molecule has 19 heavy (non-hydrogen) atoms. The van der Waals surface area contributed by atoms with Crippen molar-refractivity contribution in [1.29, 1.82) is 0 Å². The smallest absolute Gasteiger partial charge is 0.227 e. The molecule has 0 unspecified atom stereocenters. The number of hydrogen-bond donors (Lipinski definition) is 0. The summed E-state index contributed by atoms with van der Waals surface area (Å²) in [6.07, 6.45) is 2.84. The van der Waals surface area contributed by atoms with E-state index in [0.29, 0.717) is 12.5 Å². The van der Waals surface area contributed by atoms with E-state index >= 15 is 0 Å². The second-order valence-corrected chi connectivity index (χ2v) is 5.77. The first-order chi connectivity index (χ1) is 9.06. The fourth-order valence-corrected chi connectivity index (χ4v) is 2.71. The lowest BCUT2D eigenvalue weighted by Crippen LogP contribution is -2.47. The molecule has 0 aliphatic carbocycles. The lowest BCUT2D eigenvalue weighted by molar-refractivity contribution is -0.132. The molecule has 3 heteroatoms. The van der Waals surface area contributed by atoms with Crippen molar-refractivity contribution in [3.05, 3.63) is 35.4 Å². The second kappa shape index (κ2) is 6.20. The van der Waals surface area contributed by atoms with Gasteiger partial charge in [-0.3, -0.25) is 4.79 Å². The minimum absolute atomic E-state index is 0.261. The molecule has 1 fully saturated rings. The molecule has 0 saturated carbocycles. The number of amides is 1. The topological polar surface area (TPSA) is 23.6 Å². The summed E-state index contributed by atoms with van der Waals surface area (Å²) in [5, 5.41) is 0. The van der Waals surface area contributed by atoms with Gasteiger partial charge in [-0.05, 0) is 39.4 Å². The van der Waals surface area contributed by atoms with Gasteiger partial charge in [-0.1, -0.05) is 29.8 Å². The number of carbonyl (C=O) groups is 1. The van der Waals surface area contributed by atoms with Gasteiger partial charge in [0.25, 0.3) is 0 Å². The van der Waals surface area contributed by atoms with E-state index in [9.17, 15) is 4.79 Å². The number of benzene rings is 1. The third-order valence-electron chi connectivity index (χ3n) is 3.92. The van der Waals surface area contributed by atoms with Crippen LogP contribution in [0.1, 0.15) is 24.0 Å². The highest BCUT2D eigenvalue weighted by Crippen LogP contribution is 2.15. The maximum atomic E-state index is 12.4.